The lowest BCUT2D eigenvalue weighted by Gasteiger charge is -2.27. The monoisotopic (exact) mass is 304 g/mol. The molecule has 6 heteroatoms. The maximum atomic E-state index is 11.9. The lowest BCUT2D eigenvalue weighted by Crippen LogP contribution is -2.44. The van der Waals surface area contributed by atoms with Crippen molar-refractivity contribution in [3.63, 3.8) is 0 Å². The van der Waals surface area contributed by atoms with E-state index >= 15 is 0 Å². The number of aliphatic hydroxyl groups is 1. The second-order valence-corrected chi connectivity index (χ2v) is 5.86. The molecule has 1 saturated heterocycles. The highest BCUT2D eigenvalue weighted by molar-refractivity contribution is 7.10. The summed E-state index contributed by atoms with van der Waals surface area (Å²) < 4.78 is 0. The van der Waals surface area contributed by atoms with Crippen LogP contribution >= 0.6 is 23.7 Å². The molecule has 1 amide bonds. The van der Waals surface area contributed by atoms with Crippen molar-refractivity contribution in [1.29, 1.82) is 0 Å². The molecule has 19 heavy (non-hydrogen) atoms. The fourth-order valence-electron chi connectivity index (χ4n) is 2.49. The van der Waals surface area contributed by atoms with Gasteiger partial charge in [0.15, 0.2) is 0 Å². The van der Waals surface area contributed by atoms with Crippen LogP contribution in [0.4, 0.5) is 0 Å². The number of halogens is 1. The first kappa shape index (κ1) is 16.4. The van der Waals surface area contributed by atoms with Crippen LogP contribution < -0.4 is 5.73 Å². The van der Waals surface area contributed by atoms with Crippen LogP contribution in [0.15, 0.2) is 17.5 Å². The Morgan fingerprint density at radius 1 is 1.68 bits per heavy atom. The first-order valence-corrected chi connectivity index (χ1v) is 7.25. The van der Waals surface area contributed by atoms with E-state index in [1.54, 1.807) is 18.3 Å². The zero-order chi connectivity index (χ0) is 13.1. The maximum absolute atomic E-state index is 11.9. The summed E-state index contributed by atoms with van der Waals surface area (Å²) >= 11 is 1.55. The smallest absolute Gasteiger partial charge is 0.239 e. The average molecular weight is 305 g/mol. The number of amides is 1. The van der Waals surface area contributed by atoms with Crippen molar-refractivity contribution in [3.8, 4) is 0 Å². The van der Waals surface area contributed by atoms with Crippen LogP contribution in [0.5, 0.6) is 0 Å². The largest absolute Gasteiger partial charge is 0.387 e. The van der Waals surface area contributed by atoms with E-state index in [1.165, 1.54) is 0 Å². The van der Waals surface area contributed by atoms with E-state index in [1.807, 2.05) is 22.4 Å². The average Bonchev–Trinajstić information content (AvgIpc) is 2.98. The Bertz CT molecular complexity index is 397. The van der Waals surface area contributed by atoms with E-state index in [0.29, 0.717) is 6.42 Å². The molecule has 2 heterocycles. The number of hydrogen-bond donors (Lipinski definition) is 2. The maximum Gasteiger partial charge on any atom is 0.239 e. The number of thiophene rings is 1. The molecular formula is C13H21ClN2O2S. The number of likely N-dealkylation sites (tertiary alicyclic amines) is 1. The SMILES string of the molecule is C[C@H](N)C(=O)N1CCCC1CC(O)c1cccs1.Cl. The molecule has 1 fully saturated rings. The molecule has 0 radical (unpaired) electrons. The van der Waals surface area contributed by atoms with Gasteiger partial charge in [0.25, 0.3) is 0 Å². The summed E-state index contributed by atoms with van der Waals surface area (Å²) in [5.41, 5.74) is 5.65. The molecule has 0 saturated carbocycles. The van der Waals surface area contributed by atoms with E-state index in [0.717, 1.165) is 24.3 Å². The Kier molecular flexibility index (Phi) is 6.26. The van der Waals surface area contributed by atoms with Crippen molar-refractivity contribution in [2.24, 2.45) is 5.73 Å². The molecule has 2 rings (SSSR count). The molecule has 1 aromatic rings. The Balaban J connectivity index is 0.00000180. The number of carbonyl (C=O) groups excluding carboxylic acids is 1. The van der Waals surface area contributed by atoms with Crippen molar-refractivity contribution < 1.29 is 9.90 Å². The van der Waals surface area contributed by atoms with Gasteiger partial charge in [-0.15, -0.1) is 23.7 Å². The van der Waals surface area contributed by atoms with Gasteiger partial charge in [-0.25, -0.2) is 0 Å². The molecule has 3 atom stereocenters. The molecule has 1 aromatic heterocycles. The summed E-state index contributed by atoms with van der Waals surface area (Å²) in [6.07, 6.45) is 2.09. The highest BCUT2D eigenvalue weighted by Gasteiger charge is 2.31. The van der Waals surface area contributed by atoms with Crippen molar-refractivity contribution in [3.05, 3.63) is 22.4 Å². The van der Waals surface area contributed by atoms with Crippen molar-refractivity contribution in [1.82, 2.24) is 4.90 Å². The van der Waals surface area contributed by atoms with Gasteiger partial charge in [-0.05, 0) is 37.6 Å². The zero-order valence-electron chi connectivity index (χ0n) is 11.0. The zero-order valence-corrected chi connectivity index (χ0v) is 12.6. The molecule has 4 nitrogen and oxygen atoms in total. The molecule has 108 valence electrons. The minimum absolute atomic E-state index is 0. The van der Waals surface area contributed by atoms with E-state index in [2.05, 4.69) is 0 Å². The second kappa shape index (κ2) is 7.24. The van der Waals surface area contributed by atoms with Crippen molar-refractivity contribution in [2.75, 3.05) is 6.54 Å². The molecular weight excluding hydrogens is 284 g/mol. The third-order valence-corrected chi connectivity index (χ3v) is 4.39. The predicted octanol–water partition coefficient (Wildman–Crippen LogP) is 1.93. The molecule has 0 spiro atoms. The van der Waals surface area contributed by atoms with Crippen LogP contribution in [-0.2, 0) is 4.79 Å². The minimum Gasteiger partial charge on any atom is -0.387 e. The number of aliphatic hydroxyl groups excluding tert-OH is 1. The highest BCUT2D eigenvalue weighted by atomic mass is 35.5. The van der Waals surface area contributed by atoms with Crippen LogP contribution in [0.25, 0.3) is 0 Å². The predicted molar refractivity (Wildman–Crippen MR) is 79.5 cm³/mol. The lowest BCUT2D eigenvalue weighted by molar-refractivity contribution is -0.133. The fraction of sp³-hybridized carbons (Fsp3) is 0.615. The molecule has 0 bridgehead atoms. The summed E-state index contributed by atoms with van der Waals surface area (Å²) in [6, 6.07) is 3.54. The van der Waals surface area contributed by atoms with E-state index in [4.69, 9.17) is 5.73 Å². The van der Waals surface area contributed by atoms with Gasteiger partial charge >= 0.3 is 0 Å². The molecule has 1 aliphatic rings. The van der Waals surface area contributed by atoms with E-state index in [-0.39, 0.29) is 24.4 Å². The third kappa shape index (κ3) is 3.92. The first-order chi connectivity index (χ1) is 8.59. The lowest BCUT2D eigenvalue weighted by atomic mass is 10.1. The summed E-state index contributed by atoms with van der Waals surface area (Å²) in [4.78, 5) is 14.7. The van der Waals surface area contributed by atoms with Gasteiger partial charge in [0.1, 0.15) is 0 Å². The van der Waals surface area contributed by atoms with Gasteiger partial charge in [0.05, 0.1) is 12.1 Å². The molecule has 3 N–H and O–H groups in total. The highest BCUT2D eigenvalue weighted by Crippen LogP contribution is 2.29. The number of carbonyl (C=O) groups is 1. The van der Waals surface area contributed by atoms with Crippen LogP contribution in [-0.4, -0.2) is 34.5 Å². The quantitative estimate of drug-likeness (QED) is 0.893. The summed E-state index contributed by atoms with van der Waals surface area (Å²) in [7, 11) is 0. The number of nitrogens with zero attached hydrogens (tertiary/aromatic N) is 1. The summed E-state index contributed by atoms with van der Waals surface area (Å²) in [5, 5.41) is 12.1. The number of rotatable bonds is 4. The van der Waals surface area contributed by atoms with E-state index in [9.17, 15) is 9.90 Å². The first-order valence-electron chi connectivity index (χ1n) is 6.37. The Morgan fingerprint density at radius 2 is 2.42 bits per heavy atom. The van der Waals surface area contributed by atoms with Crippen LogP contribution in [0.1, 0.15) is 37.2 Å². The van der Waals surface area contributed by atoms with Crippen LogP contribution in [0, 0.1) is 0 Å². The number of nitrogens with two attached hydrogens (primary N) is 1. The second-order valence-electron chi connectivity index (χ2n) is 4.88. The molecule has 1 aliphatic heterocycles. The van der Waals surface area contributed by atoms with Gasteiger partial charge in [-0.1, -0.05) is 6.07 Å². The summed E-state index contributed by atoms with van der Waals surface area (Å²) in [5.74, 6) is -0.00382. The van der Waals surface area contributed by atoms with Gasteiger partial charge < -0.3 is 15.7 Å². The normalized spacial score (nSPS) is 21.8. The molecule has 2 unspecified atom stereocenters. The Hall–Kier alpha value is -0.620. The van der Waals surface area contributed by atoms with Gasteiger partial charge in [-0.2, -0.15) is 0 Å². The van der Waals surface area contributed by atoms with E-state index < -0.39 is 12.1 Å². The molecule has 0 aliphatic carbocycles. The van der Waals surface area contributed by atoms with Crippen LogP contribution in [0.2, 0.25) is 0 Å². The molecule has 0 aromatic carbocycles. The van der Waals surface area contributed by atoms with Crippen LogP contribution in [0.3, 0.4) is 0 Å². The van der Waals surface area contributed by atoms with Crippen molar-refractivity contribution >= 4 is 29.7 Å². The van der Waals surface area contributed by atoms with Gasteiger partial charge in [-0.3, -0.25) is 4.79 Å². The number of hydrogen-bond acceptors (Lipinski definition) is 4. The Labute approximate surface area is 124 Å². The topological polar surface area (TPSA) is 66.6 Å². The Morgan fingerprint density at radius 3 is 3.00 bits per heavy atom. The standard InChI is InChI=1S/C13H20N2O2S.ClH/c1-9(14)13(17)15-6-2-4-10(15)8-11(16)12-5-3-7-18-12;/h3,5,7,9-11,16H,2,4,6,8,14H2,1H3;1H/t9-,10?,11?;/m0./s1. The van der Waals surface area contributed by atoms with Gasteiger partial charge in [0, 0.05) is 17.5 Å². The third-order valence-electron chi connectivity index (χ3n) is 3.42. The van der Waals surface area contributed by atoms with Gasteiger partial charge in [0.2, 0.25) is 5.91 Å². The van der Waals surface area contributed by atoms with Crippen molar-refractivity contribution in [2.45, 2.75) is 44.4 Å². The minimum atomic E-state index is -0.475. The summed E-state index contributed by atoms with van der Waals surface area (Å²) in [6.45, 7) is 2.48. The fourth-order valence-corrected chi connectivity index (χ4v) is 3.21.